The van der Waals surface area contributed by atoms with Crippen molar-refractivity contribution in [3.05, 3.63) is 124 Å². The van der Waals surface area contributed by atoms with Gasteiger partial charge in [0, 0.05) is 51.1 Å². The monoisotopic (exact) mass is 642 g/mol. The zero-order valence-electron chi connectivity index (χ0n) is 23.5. The summed E-state index contributed by atoms with van der Waals surface area (Å²) in [6.45, 7) is 5.43. The van der Waals surface area contributed by atoms with E-state index in [-0.39, 0.29) is 22.5 Å². The predicted molar refractivity (Wildman–Crippen MR) is 164 cm³/mol. The van der Waals surface area contributed by atoms with Crippen molar-refractivity contribution in [3.8, 4) is 5.69 Å². The van der Waals surface area contributed by atoms with Gasteiger partial charge in [-0.25, -0.2) is 0 Å². The van der Waals surface area contributed by atoms with Crippen molar-refractivity contribution in [2.24, 2.45) is 14.1 Å². The molecule has 6 N–H and O–H groups in total. The van der Waals surface area contributed by atoms with Crippen LogP contribution in [0.2, 0.25) is 0 Å². The highest BCUT2D eigenvalue weighted by atomic mass is 79.9. The molecule has 0 amide bonds. The number of pyridine rings is 3. The third-order valence-corrected chi connectivity index (χ3v) is 5.53. The maximum absolute atomic E-state index is 11.7. The molecule has 0 aliphatic carbocycles. The second kappa shape index (κ2) is 14.9. The maximum Gasteiger partial charge on any atom is 0.334 e. The smallest absolute Gasteiger partial charge is 0.334 e. The fourth-order valence-corrected chi connectivity index (χ4v) is 3.58. The first kappa shape index (κ1) is 33.0. The zero-order chi connectivity index (χ0) is 31.6. The maximum atomic E-state index is 11.7. The number of H-pyrrole nitrogens is 2. The highest BCUT2D eigenvalue weighted by molar-refractivity contribution is 9.10. The van der Waals surface area contributed by atoms with Gasteiger partial charge in [-0.3, -0.25) is 38.4 Å². The summed E-state index contributed by atoms with van der Waals surface area (Å²) >= 11 is 3.25. The molecule has 0 aliphatic heterocycles. The number of aryl methyl sites for hydroxylation is 5. The van der Waals surface area contributed by atoms with E-state index in [1.54, 1.807) is 66.5 Å². The molecule has 5 aromatic rings. The summed E-state index contributed by atoms with van der Waals surface area (Å²) in [4.78, 5) is 47.2. The minimum atomic E-state index is -0.703. The Morgan fingerprint density at radius 2 is 1.36 bits per heavy atom. The van der Waals surface area contributed by atoms with Gasteiger partial charge in [-0.05, 0) is 65.5 Å². The van der Waals surface area contributed by atoms with E-state index in [4.69, 9.17) is 11.5 Å². The number of nitrogens with one attached hydrogen (secondary N) is 2. The van der Waals surface area contributed by atoms with Crippen LogP contribution >= 0.6 is 15.9 Å². The highest BCUT2D eigenvalue weighted by Gasteiger charge is 2.10. The molecular formula is C26H31BrN10O5. The number of aromatic amines is 2. The summed E-state index contributed by atoms with van der Waals surface area (Å²) in [5, 5.41) is 18.1. The van der Waals surface area contributed by atoms with E-state index in [9.17, 15) is 24.5 Å². The molecule has 0 spiro atoms. The molecule has 5 rings (SSSR count). The van der Waals surface area contributed by atoms with Gasteiger partial charge in [-0.1, -0.05) is 0 Å². The molecule has 5 aromatic heterocycles. The van der Waals surface area contributed by atoms with Gasteiger partial charge >= 0.3 is 11.2 Å². The van der Waals surface area contributed by atoms with Gasteiger partial charge in [0.2, 0.25) is 0 Å². The quantitative estimate of drug-likeness (QED) is 0.164. The van der Waals surface area contributed by atoms with Gasteiger partial charge in [0.1, 0.15) is 0 Å². The summed E-state index contributed by atoms with van der Waals surface area (Å²) in [6.07, 6.45) is 11.8. The Labute approximate surface area is 247 Å². The van der Waals surface area contributed by atoms with Crippen LogP contribution in [0.5, 0.6) is 0 Å². The van der Waals surface area contributed by atoms with Gasteiger partial charge in [0.25, 0.3) is 11.1 Å². The summed E-state index contributed by atoms with van der Waals surface area (Å²) in [6, 6.07) is 4.53. The van der Waals surface area contributed by atoms with Crippen molar-refractivity contribution >= 4 is 33.0 Å². The molecule has 0 aromatic carbocycles. The molecule has 0 radical (unpaired) electrons. The molecule has 0 unspecified atom stereocenters. The number of nitrogen functional groups attached to an aromatic ring is 2. The SMILES string of the molecule is Cc1c[nH]c(=O)c(N)c1.Cc1c[nH]c(=O)c([N+](=O)[O-])c1.Cc1cc(N)c(=O)n(-c2cnn(C)c2)c1.Cn1cc(Br)cn1. The number of hydrogen-bond acceptors (Lipinski definition) is 9. The van der Waals surface area contributed by atoms with E-state index in [1.165, 1.54) is 16.8 Å². The van der Waals surface area contributed by atoms with Gasteiger partial charge in [-0.2, -0.15) is 10.2 Å². The Morgan fingerprint density at radius 1 is 0.810 bits per heavy atom. The number of nitrogens with two attached hydrogens (primary N) is 2. The number of aromatic nitrogens is 7. The number of halogens is 1. The minimum Gasteiger partial charge on any atom is -0.394 e. The Kier molecular flexibility index (Phi) is 11.7. The van der Waals surface area contributed by atoms with Crippen LogP contribution in [-0.2, 0) is 14.1 Å². The van der Waals surface area contributed by atoms with Crippen LogP contribution in [0.25, 0.3) is 5.69 Å². The zero-order valence-corrected chi connectivity index (χ0v) is 25.1. The van der Waals surface area contributed by atoms with Crippen LogP contribution in [0.1, 0.15) is 16.7 Å². The van der Waals surface area contributed by atoms with E-state index >= 15 is 0 Å². The third-order valence-electron chi connectivity index (χ3n) is 5.13. The molecule has 0 aliphatic rings. The molecule has 0 atom stereocenters. The number of anilines is 2. The van der Waals surface area contributed by atoms with Gasteiger partial charge in [0.15, 0.2) is 0 Å². The van der Waals surface area contributed by atoms with Crippen molar-refractivity contribution in [2.45, 2.75) is 20.8 Å². The first-order valence-electron chi connectivity index (χ1n) is 12.1. The van der Waals surface area contributed by atoms with Gasteiger partial charge in [0.05, 0.1) is 38.9 Å². The number of nitrogens with zero attached hydrogens (tertiary/aromatic N) is 6. The van der Waals surface area contributed by atoms with Crippen LogP contribution in [-0.4, -0.2) is 39.0 Å². The van der Waals surface area contributed by atoms with Crippen molar-refractivity contribution in [1.29, 1.82) is 0 Å². The van der Waals surface area contributed by atoms with E-state index in [0.717, 1.165) is 21.3 Å². The first-order chi connectivity index (χ1) is 19.7. The van der Waals surface area contributed by atoms with Crippen molar-refractivity contribution in [2.75, 3.05) is 11.5 Å². The van der Waals surface area contributed by atoms with E-state index in [1.807, 2.05) is 27.1 Å². The molecule has 16 heteroatoms. The van der Waals surface area contributed by atoms with Crippen LogP contribution in [0.4, 0.5) is 17.1 Å². The Bertz CT molecular complexity index is 1820. The molecule has 0 saturated heterocycles. The summed E-state index contributed by atoms with van der Waals surface area (Å²) in [5.41, 5.74) is 13.2. The Balaban J connectivity index is 0.000000204. The number of hydrogen-bond donors (Lipinski definition) is 4. The fourth-order valence-electron chi connectivity index (χ4n) is 3.19. The first-order valence-corrected chi connectivity index (χ1v) is 12.9. The van der Waals surface area contributed by atoms with Crippen LogP contribution in [0, 0.1) is 30.9 Å². The molecule has 15 nitrogen and oxygen atoms in total. The van der Waals surface area contributed by atoms with Crippen molar-refractivity contribution < 1.29 is 4.92 Å². The van der Waals surface area contributed by atoms with Crippen LogP contribution in [0.15, 0.2) is 80.4 Å². The molecule has 42 heavy (non-hydrogen) atoms. The molecule has 0 fully saturated rings. The topological polar surface area (TPSA) is 219 Å². The second-order valence-electron chi connectivity index (χ2n) is 8.96. The van der Waals surface area contributed by atoms with E-state index in [2.05, 4.69) is 36.1 Å². The molecule has 5 heterocycles. The predicted octanol–water partition coefficient (Wildman–Crippen LogP) is 2.50. The fraction of sp³-hybridized carbons (Fsp3) is 0.192. The van der Waals surface area contributed by atoms with E-state index in [0.29, 0.717) is 5.56 Å². The summed E-state index contributed by atoms with van der Waals surface area (Å²) in [7, 11) is 3.68. The van der Waals surface area contributed by atoms with Crippen molar-refractivity contribution in [3.63, 3.8) is 0 Å². The van der Waals surface area contributed by atoms with Crippen LogP contribution in [0.3, 0.4) is 0 Å². The Hall–Kier alpha value is -5.25. The standard InChI is InChI=1S/C10H12N4O.C6H6N2O3.C6H8N2O.C4H5BrN2/c1-7-3-9(11)10(15)14(5-7)8-4-12-13(2)6-8;1-4-2-5(8(10)11)6(9)7-3-4;1-4-2-5(7)6(9)8-3-4;1-7-3-4(5)2-6-7/h3-6H,11H2,1-2H3;2-3H,1H3,(H,7,9);2-3H,7H2,1H3,(H,8,9);2-3H,1H3. The lowest BCUT2D eigenvalue weighted by Crippen LogP contribution is -2.20. The Morgan fingerprint density at radius 3 is 1.79 bits per heavy atom. The molecule has 0 bridgehead atoms. The lowest BCUT2D eigenvalue weighted by Gasteiger charge is -2.04. The number of nitro groups is 1. The minimum absolute atomic E-state index is 0.214. The summed E-state index contributed by atoms with van der Waals surface area (Å²) in [5.74, 6) is 0. The molecular weight excluding hydrogens is 612 g/mol. The lowest BCUT2D eigenvalue weighted by atomic mass is 10.3. The van der Waals surface area contributed by atoms with Gasteiger partial charge < -0.3 is 21.4 Å². The second-order valence-corrected chi connectivity index (χ2v) is 9.88. The van der Waals surface area contributed by atoms with Crippen molar-refractivity contribution in [1.82, 2.24) is 34.1 Å². The van der Waals surface area contributed by atoms with Crippen LogP contribution < -0.4 is 28.1 Å². The normalized spacial score (nSPS) is 9.86. The van der Waals surface area contributed by atoms with Gasteiger partial charge in [-0.15, -0.1) is 0 Å². The lowest BCUT2D eigenvalue weighted by molar-refractivity contribution is -0.386. The largest absolute Gasteiger partial charge is 0.394 e. The average molecular weight is 644 g/mol. The average Bonchev–Trinajstić information content (AvgIpc) is 3.53. The highest BCUT2D eigenvalue weighted by Crippen LogP contribution is 2.07. The third kappa shape index (κ3) is 10.1. The molecule has 222 valence electrons. The van der Waals surface area contributed by atoms with E-state index < -0.39 is 16.2 Å². The summed E-state index contributed by atoms with van der Waals surface area (Å²) < 4.78 is 5.90. The number of rotatable bonds is 2. The molecule has 0 saturated carbocycles.